The van der Waals surface area contributed by atoms with Gasteiger partial charge in [-0.3, -0.25) is 0 Å². The molecule has 0 aliphatic carbocycles. The first-order valence-corrected chi connectivity index (χ1v) is 5.93. The van der Waals surface area contributed by atoms with E-state index in [1.807, 2.05) is 18.2 Å². The third-order valence-corrected chi connectivity index (χ3v) is 3.47. The van der Waals surface area contributed by atoms with Crippen molar-refractivity contribution in [2.45, 2.75) is 10.6 Å². The first kappa shape index (κ1) is 11.2. The van der Waals surface area contributed by atoms with Gasteiger partial charge < -0.3 is 5.73 Å². The number of benzene rings is 1. The summed E-state index contributed by atoms with van der Waals surface area (Å²) in [5, 5.41) is 12.4. The maximum Gasteiger partial charge on any atom is 0.185 e. The molecule has 1 aromatic heterocycles. The number of halogens is 1. The molecule has 1 aromatic carbocycles. The number of tetrazole rings is 1. The maximum atomic E-state index is 6.04. The van der Waals surface area contributed by atoms with Crippen LogP contribution in [0.2, 0.25) is 5.02 Å². The lowest BCUT2D eigenvalue weighted by Crippen LogP contribution is -1.93. The summed E-state index contributed by atoms with van der Waals surface area (Å²) < 4.78 is 0. The molecule has 84 valence electrons. The molecule has 0 aliphatic rings. The van der Waals surface area contributed by atoms with Gasteiger partial charge >= 0.3 is 0 Å². The van der Waals surface area contributed by atoms with Crippen LogP contribution in [0.5, 0.6) is 0 Å². The lowest BCUT2D eigenvalue weighted by atomic mass is 10.3. The van der Waals surface area contributed by atoms with E-state index in [0.717, 1.165) is 4.90 Å². The summed E-state index contributed by atoms with van der Waals surface area (Å²) in [5.41, 5.74) is 6.49. The molecule has 0 saturated heterocycles. The third-order valence-electron chi connectivity index (χ3n) is 1.89. The molecule has 2 rings (SSSR count). The van der Waals surface area contributed by atoms with Crippen molar-refractivity contribution >= 4 is 29.1 Å². The summed E-state index contributed by atoms with van der Waals surface area (Å²) in [6.45, 7) is 0. The zero-order valence-corrected chi connectivity index (χ0v) is 10.2. The fraction of sp³-hybridized carbons (Fsp3) is 0.222. The zero-order chi connectivity index (χ0) is 11.5. The normalized spacial score (nSPS) is 10.6. The minimum Gasteiger partial charge on any atom is -0.398 e. The predicted molar refractivity (Wildman–Crippen MR) is 64.2 cm³/mol. The number of nitrogen functional groups attached to an aromatic ring is 1. The molecule has 1 heterocycles. The lowest BCUT2D eigenvalue weighted by Gasteiger charge is -2.05. The van der Waals surface area contributed by atoms with Crippen LogP contribution in [0.3, 0.4) is 0 Å². The van der Waals surface area contributed by atoms with Crippen molar-refractivity contribution in [2.75, 3.05) is 5.73 Å². The number of thioether (sulfide) groups is 1. The molecular formula is C9H10ClN5S. The highest BCUT2D eigenvalue weighted by atomic mass is 35.5. The SMILES string of the molecule is Cn1nnc(CSc2c(N)cccc2Cl)n1. The molecule has 0 spiro atoms. The molecule has 0 fully saturated rings. The molecule has 2 N–H and O–H groups in total. The predicted octanol–water partition coefficient (Wildman–Crippen LogP) is 1.74. The summed E-state index contributed by atoms with van der Waals surface area (Å²) in [7, 11) is 1.73. The van der Waals surface area contributed by atoms with Crippen LogP contribution < -0.4 is 5.73 Å². The van der Waals surface area contributed by atoms with Crippen molar-refractivity contribution in [3.05, 3.63) is 29.0 Å². The van der Waals surface area contributed by atoms with Crippen LogP contribution in [0.25, 0.3) is 0 Å². The van der Waals surface area contributed by atoms with Gasteiger partial charge in [0, 0.05) is 10.6 Å². The third kappa shape index (κ3) is 2.45. The number of rotatable bonds is 3. The molecule has 2 aromatic rings. The first-order chi connectivity index (χ1) is 7.66. The number of aromatic nitrogens is 4. The molecule has 0 bridgehead atoms. The highest BCUT2D eigenvalue weighted by Crippen LogP contribution is 2.33. The largest absolute Gasteiger partial charge is 0.398 e. The van der Waals surface area contributed by atoms with Crippen LogP contribution in [0.15, 0.2) is 23.1 Å². The van der Waals surface area contributed by atoms with E-state index in [1.165, 1.54) is 16.6 Å². The van der Waals surface area contributed by atoms with E-state index in [4.69, 9.17) is 17.3 Å². The van der Waals surface area contributed by atoms with Crippen LogP contribution in [0.4, 0.5) is 5.69 Å². The summed E-state index contributed by atoms with van der Waals surface area (Å²) in [5.74, 6) is 1.26. The first-order valence-electron chi connectivity index (χ1n) is 4.56. The van der Waals surface area contributed by atoms with E-state index < -0.39 is 0 Å². The Labute approximate surface area is 102 Å². The Hall–Kier alpha value is -1.27. The fourth-order valence-electron chi connectivity index (χ4n) is 1.20. The van der Waals surface area contributed by atoms with Crippen molar-refractivity contribution in [3.63, 3.8) is 0 Å². The van der Waals surface area contributed by atoms with E-state index in [0.29, 0.717) is 22.3 Å². The molecule has 7 heteroatoms. The average Bonchev–Trinajstić information content (AvgIpc) is 2.63. The highest BCUT2D eigenvalue weighted by molar-refractivity contribution is 7.98. The van der Waals surface area contributed by atoms with Gasteiger partial charge in [-0.1, -0.05) is 17.7 Å². The number of hydrogen-bond acceptors (Lipinski definition) is 5. The van der Waals surface area contributed by atoms with Crippen LogP contribution in [-0.2, 0) is 12.8 Å². The van der Waals surface area contributed by atoms with E-state index in [1.54, 1.807) is 7.05 Å². The van der Waals surface area contributed by atoms with Crippen molar-refractivity contribution in [1.82, 2.24) is 20.2 Å². The standard InChI is InChI=1S/C9H10ClN5S/c1-15-13-8(12-14-15)5-16-9-6(10)3-2-4-7(9)11/h2-4H,5,11H2,1H3. The minimum absolute atomic E-state index is 0.599. The number of aryl methyl sites for hydroxylation is 1. The fourth-order valence-corrected chi connectivity index (χ4v) is 2.37. The topological polar surface area (TPSA) is 69.6 Å². The van der Waals surface area contributed by atoms with Gasteiger partial charge in [-0.2, -0.15) is 4.80 Å². The van der Waals surface area contributed by atoms with Crippen molar-refractivity contribution in [1.29, 1.82) is 0 Å². The Morgan fingerprint density at radius 1 is 1.50 bits per heavy atom. The highest BCUT2D eigenvalue weighted by Gasteiger charge is 2.07. The Morgan fingerprint density at radius 2 is 2.31 bits per heavy atom. The molecule has 0 aliphatic heterocycles. The number of nitrogens with zero attached hydrogens (tertiary/aromatic N) is 4. The zero-order valence-electron chi connectivity index (χ0n) is 8.59. The Kier molecular flexibility index (Phi) is 3.31. The monoisotopic (exact) mass is 255 g/mol. The van der Waals surface area contributed by atoms with E-state index in [2.05, 4.69) is 15.4 Å². The van der Waals surface area contributed by atoms with Gasteiger partial charge in [-0.25, -0.2) is 0 Å². The second kappa shape index (κ2) is 4.71. The molecule has 0 unspecified atom stereocenters. The van der Waals surface area contributed by atoms with Crippen LogP contribution in [-0.4, -0.2) is 20.2 Å². The smallest absolute Gasteiger partial charge is 0.185 e. The maximum absolute atomic E-state index is 6.04. The van der Waals surface area contributed by atoms with Gasteiger partial charge in [-0.15, -0.1) is 22.0 Å². The van der Waals surface area contributed by atoms with Crippen molar-refractivity contribution in [2.24, 2.45) is 7.05 Å². The minimum atomic E-state index is 0.599. The van der Waals surface area contributed by atoms with Crippen LogP contribution >= 0.6 is 23.4 Å². The molecule has 5 nitrogen and oxygen atoms in total. The van der Waals surface area contributed by atoms with E-state index in [-0.39, 0.29) is 0 Å². The van der Waals surface area contributed by atoms with Gasteiger partial charge in [0.1, 0.15) is 0 Å². The van der Waals surface area contributed by atoms with Gasteiger partial charge in [0.25, 0.3) is 0 Å². The van der Waals surface area contributed by atoms with Crippen molar-refractivity contribution in [3.8, 4) is 0 Å². The van der Waals surface area contributed by atoms with Gasteiger partial charge in [0.05, 0.1) is 17.8 Å². The summed E-state index contributed by atoms with van der Waals surface area (Å²) in [6.07, 6.45) is 0. The molecule has 0 atom stereocenters. The molecule has 16 heavy (non-hydrogen) atoms. The quantitative estimate of drug-likeness (QED) is 0.668. The average molecular weight is 256 g/mol. The van der Waals surface area contributed by atoms with E-state index >= 15 is 0 Å². The van der Waals surface area contributed by atoms with E-state index in [9.17, 15) is 0 Å². The van der Waals surface area contributed by atoms with Gasteiger partial charge in [0.15, 0.2) is 5.82 Å². The van der Waals surface area contributed by atoms with Crippen LogP contribution in [0.1, 0.15) is 5.82 Å². The Morgan fingerprint density at radius 3 is 2.94 bits per heavy atom. The number of nitrogens with two attached hydrogens (primary N) is 1. The molecule has 0 saturated carbocycles. The summed E-state index contributed by atoms with van der Waals surface area (Å²) in [6, 6.07) is 5.45. The molecule has 0 radical (unpaired) electrons. The number of hydrogen-bond donors (Lipinski definition) is 1. The second-order valence-electron chi connectivity index (χ2n) is 3.14. The Bertz CT molecular complexity index is 478. The Balaban J connectivity index is 2.10. The number of anilines is 1. The lowest BCUT2D eigenvalue weighted by molar-refractivity contribution is 0.628. The van der Waals surface area contributed by atoms with Crippen molar-refractivity contribution < 1.29 is 0 Å². The molecule has 0 amide bonds. The summed E-state index contributed by atoms with van der Waals surface area (Å²) in [4.78, 5) is 2.28. The van der Waals surface area contributed by atoms with Crippen LogP contribution in [0, 0.1) is 0 Å². The van der Waals surface area contributed by atoms with Gasteiger partial charge in [0.2, 0.25) is 0 Å². The summed E-state index contributed by atoms with van der Waals surface area (Å²) >= 11 is 7.54. The second-order valence-corrected chi connectivity index (χ2v) is 4.53. The molecular weight excluding hydrogens is 246 g/mol. The van der Waals surface area contributed by atoms with Gasteiger partial charge in [-0.05, 0) is 17.3 Å².